The summed E-state index contributed by atoms with van der Waals surface area (Å²) in [5.41, 5.74) is 4.12. The Morgan fingerprint density at radius 1 is 1.40 bits per heavy atom. The molecule has 1 aliphatic carbocycles. The minimum absolute atomic E-state index is 0.547. The third kappa shape index (κ3) is 1.69. The van der Waals surface area contributed by atoms with Crippen molar-refractivity contribution < 1.29 is 0 Å². The Balaban J connectivity index is 1.74. The molecule has 0 radical (unpaired) electrons. The van der Waals surface area contributed by atoms with Crippen molar-refractivity contribution in [3.63, 3.8) is 0 Å². The van der Waals surface area contributed by atoms with Crippen molar-refractivity contribution >= 4 is 0 Å². The lowest BCUT2D eigenvalue weighted by molar-refractivity contribution is 0.268. The van der Waals surface area contributed by atoms with E-state index in [-0.39, 0.29) is 0 Å². The lowest BCUT2D eigenvalue weighted by Crippen LogP contribution is -2.20. The molecule has 0 bridgehead atoms. The highest BCUT2D eigenvalue weighted by atomic mass is 15.2. The van der Waals surface area contributed by atoms with E-state index in [4.69, 9.17) is 0 Å². The summed E-state index contributed by atoms with van der Waals surface area (Å²) < 4.78 is 0. The van der Waals surface area contributed by atoms with Crippen molar-refractivity contribution in [1.82, 2.24) is 15.1 Å². The first kappa shape index (κ1) is 9.40. The third-order valence-corrected chi connectivity index (χ3v) is 3.51. The van der Waals surface area contributed by atoms with Gasteiger partial charge in [-0.2, -0.15) is 5.10 Å². The number of hydrogen-bond donors (Lipinski definition) is 1. The highest BCUT2D eigenvalue weighted by Gasteiger charge is 2.30. The fraction of sp³-hybridized carbons (Fsp3) is 0.750. The van der Waals surface area contributed by atoms with Gasteiger partial charge in [0.05, 0.1) is 11.4 Å². The first-order valence-corrected chi connectivity index (χ1v) is 6.02. The smallest absolute Gasteiger partial charge is 0.0695 e. The largest absolute Gasteiger partial charge is 0.293 e. The second-order valence-corrected chi connectivity index (χ2v) is 5.33. The first-order chi connectivity index (χ1) is 7.24. The first-order valence-electron chi connectivity index (χ1n) is 6.02. The van der Waals surface area contributed by atoms with Gasteiger partial charge in [-0.15, -0.1) is 0 Å². The summed E-state index contributed by atoms with van der Waals surface area (Å²) in [6, 6.07) is 0. The van der Waals surface area contributed by atoms with Crippen LogP contribution in [0, 0.1) is 5.92 Å². The van der Waals surface area contributed by atoms with Crippen LogP contribution in [-0.4, -0.2) is 21.6 Å². The number of aromatic nitrogens is 2. The molecule has 1 aromatic heterocycles. The number of H-pyrrole nitrogens is 1. The molecule has 82 valence electrons. The van der Waals surface area contributed by atoms with E-state index in [9.17, 15) is 0 Å². The van der Waals surface area contributed by atoms with Crippen LogP contribution in [0.1, 0.15) is 49.6 Å². The van der Waals surface area contributed by atoms with E-state index in [0.717, 1.165) is 19.0 Å². The number of fused-ring (bicyclic) bond motifs is 1. The number of hydrogen-bond acceptors (Lipinski definition) is 2. The fourth-order valence-corrected chi connectivity index (χ4v) is 2.50. The third-order valence-electron chi connectivity index (χ3n) is 3.51. The van der Waals surface area contributed by atoms with Crippen LogP contribution in [0.5, 0.6) is 0 Å². The minimum Gasteiger partial charge on any atom is -0.293 e. The molecule has 0 atom stereocenters. The number of nitrogens with zero attached hydrogens (tertiary/aromatic N) is 2. The van der Waals surface area contributed by atoms with Crippen LogP contribution < -0.4 is 0 Å². The Labute approximate surface area is 90.9 Å². The Hall–Kier alpha value is -0.830. The lowest BCUT2D eigenvalue weighted by Gasteiger charge is -2.14. The summed E-state index contributed by atoms with van der Waals surface area (Å²) in [5, 5.41) is 7.61. The maximum absolute atomic E-state index is 4.41. The van der Waals surface area contributed by atoms with Crippen LogP contribution in [0.25, 0.3) is 0 Å². The van der Waals surface area contributed by atoms with Crippen LogP contribution in [0.2, 0.25) is 0 Å². The summed E-state index contributed by atoms with van der Waals surface area (Å²) in [6.07, 6.45) is 2.89. The van der Waals surface area contributed by atoms with Gasteiger partial charge >= 0.3 is 0 Å². The zero-order valence-electron chi connectivity index (χ0n) is 9.58. The predicted molar refractivity (Wildman–Crippen MR) is 59.5 cm³/mol. The van der Waals surface area contributed by atoms with Crippen LogP contribution in [0.15, 0.2) is 0 Å². The lowest BCUT2D eigenvalue weighted by atomic mass is 10.1. The monoisotopic (exact) mass is 205 g/mol. The van der Waals surface area contributed by atoms with Gasteiger partial charge in [0.2, 0.25) is 0 Å². The number of nitrogens with one attached hydrogen (secondary N) is 1. The molecule has 2 aliphatic rings. The molecule has 15 heavy (non-hydrogen) atoms. The Morgan fingerprint density at radius 3 is 2.87 bits per heavy atom. The van der Waals surface area contributed by atoms with Crippen molar-refractivity contribution in [2.75, 3.05) is 6.54 Å². The Kier molecular flexibility index (Phi) is 2.09. The molecule has 1 fully saturated rings. The molecule has 0 saturated heterocycles. The highest BCUT2D eigenvalue weighted by Crippen LogP contribution is 2.34. The van der Waals surface area contributed by atoms with E-state index in [0.29, 0.717) is 5.92 Å². The van der Waals surface area contributed by atoms with Crippen LogP contribution >= 0.6 is 0 Å². The van der Waals surface area contributed by atoms with Crippen LogP contribution in [-0.2, 0) is 13.1 Å². The number of rotatable bonds is 3. The number of aromatic amines is 1. The molecule has 3 heteroatoms. The fourth-order valence-electron chi connectivity index (χ4n) is 2.50. The van der Waals surface area contributed by atoms with Gasteiger partial charge in [-0.1, -0.05) is 13.8 Å². The molecule has 1 aliphatic heterocycles. The summed E-state index contributed by atoms with van der Waals surface area (Å²) in [4.78, 5) is 2.56. The van der Waals surface area contributed by atoms with Gasteiger partial charge in [0.25, 0.3) is 0 Å². The predicted octanol–water partition coefficient (Wildman–Crippen LogP) is 2.26. The van der Waals surface area contributed by atoms with Gasteiger partial charge in [0.15, 0.2) is 0 Å². The molecular weight excluding hydrogens is 186 g/mol. The van der Waals surface area contributed by atoms with E-state index >= 15 is 0 Å². The van der Waals surface area contributed by atoms with Gasteiger partial charge in [0.1, 0.15) is 0 Å². The zero-order chi connectivity index (χ0) is 10.4. The maximum Gasteiger partial charge on any atom is 0.0695 e. The summed E-state index contributed by atoms with van der Waals surface area (Å²) >= 11 is 0. The Morgan fingerprint density at radius 2 is 2.20 bits per heavy atom. The van der Waals surface area contributed by atoms with Crippen molar-refractivity contribution in [2.45, 2.75) is 45.7 Å². The summed E-state index contributed by atoms with van der Waals surface area (Å²) in [6.45, 7) is 7.95. The molecule has 0 amide bonds. The molecule has 1 saturated carbocycles. The SMILES string of the molecule is CC(C)c1n[nH]c2c1CN(CC1CC1)C2. The van der Waals surface area contributed by atoms with Gasteiger partial charge in [-0.05, 0) is 24.7 Å². The normalized spacial score (nSPS) is 21.3. The van der Waals surface area contributed by atoms with E-state index in [1.54, 1.807) is 0 Å². The zero-order valence-corrected chi connectivity index (χ0v) is 9.58. The van der Waals surface area contributed by atoms with Crippen LogP contribution in [0.3, 0.4) is 0 Å². The van der Waals surface area contributed by atoms with E-state index < -0.39 is 0 Å². The molecule has 0 aromatic carbocycles. The van der Waals surface area contributed by atoms with E-state index in [1.165, 1.54) is 36.3 Å². The van der Waals surface area contributed by atoms with Gasteiger partial charge in [0, 0.05) is 25.2 Å². The van der Waals surface area contributed by atoms with E-state index in [2.05, 4.69) is 28.9 Å². The summed E-state index contributed by atoms with van der Waals surface area (Å²) in [5.74, 6) is 1.54. The Bertz CT molecular complexity index is 363. The van der Waals surface area contributed by atoms with Crippen molar-refractivity contribution in [2.24, 2.45) is 5.92 Å². The van der Waals surface area contributed by atoms with Crippen molar-refractivity contribution in [3.8, 4) is 0 Å². The topological polar surface area (TPSA) is 31.9 Å². The molecule has 1 aromatic rings. The van der Waals surface area contributed by atoms with Crippen molar-refractivity contribution in [1.29, 1.82) is 0 Å². The molecular formula is C12H19N3. The van der Waals surface area contributed by atoms with Gasteiger partial charge < -0.3 is 0 Å². The quantitative estimate of drug-likeness (QED) is 0.820. The van der Waals surface area contributed by atoms with Gasteiger partial charge in [-0.25, -0.2) is 0 Å². The van der Waals surface area contributed by atoms with E-state index in [1.807, 2.05) is 0 Å². The summed E-state index contributed by atoms with van der Waals surface area (Å²) in [7, 11) is 0. The average molecular weight is 205 g/mol. The highest BCUT2D eigenvalue weighted by molar-refractivity contribution is 5.30. The molecule has 0 spiro atoms. The van der Waals surface area contributed by atoms with Gasteiger partial charge in [-0.3, -0.25) is 10.00 Å². The molecule has 3 nitrogen and oxygen atoms in total. The maximum atomic E-state index is 4.41. The molecule has 3 rings (SSSR count). The van der Waals surface area contributed by atoms with Crippen molar-refractivity contribution in [3.05, 3.63) is 17.0 Å². The second-order valence-electron chi connectivity index (χ2n) is 5.33. The molecule has 2 heterocycles. The minimum atomic E-state index is 0.547. The standard InChI is InChI=1S/C12H19N3/c1-8(2)12-10-6-15(5-9-3-4-9)7-11(10)13-14-12/h8-9H,3-7H2,1-2H3,(H,13,14). The molecule has 0 unspecified atom stereocenters. The average Bonchev–Trinajstić information content (AvgIpc) is 2.72. The molecule has 1 N–H and O–H groups in total. The van der Waals surface area contributed by atoms with Crippen LogP contribution in [0.4, 0.5) is 0 Å². The second kappa shape index (κ2) is 3.34.